The maximum absolute atomic E-state index is 12.2. The molecule has 1 aliphatic heterocycles. The van der Waals surface area contributed by atoms with Crippen molar-refractivity contribution in [1.82, 2.24) is 13.6 Å². The zero-order valence-corrected chi connectivity index (χ0v) is 15.3. The quantitative estimate of drug-likeness (QED) is 0.841. The summed E-state index contributed by atoms with van der Waals surface area (Å²) in [5.74, 6) is 1.02. The zero-order chi connectivity index (χ0) is 16.2. The molecule has 1 aromatic carbocycles. The monoisotopic (exact) mass is 366 g/mol. The first kappa shape index (κ1) is 16.6. The number of piperidine rings is 1. The molecule has 8 heteroatoms. The second kappa shape index (κ2) is 7.55. The van der Waals surface area contributed by atoms with Gasteiger partial charge in [0.25, 0.3) is 0 Å². The summed E-state index contributed by atoms with van der Waals surface area (Å²) in [7, 11) is 0. The first-order chi connectivity index (χ1) is 11.1. The fourth-order valence-electron chi connectivity index (χ4n) is 2.50. The van der Waals surface area contributed by atoms with Crippen molar-refractivity contribution >= 4 is 62.7 Å². The number of aromatic nitrogens is 2. The van der Waals surface area contributed by atoms with E-state index in [1.807, 2.05) is 18.2 Å². The second-order valence-electron chi connectivity index (χ2n) is 5.71. The molecule has 0 saturated carbocycles. The highest BCUT2D eigenvalue weighted by Crippen LogP contribution is 2.22. The number of thioether (sulfide) groups is 1. The summed E-state index contributed by atoms with van der Waals surface area (Å²) < 4.78 is 9.22. The Kier molecular flexibility index (Phi) is 5.45. The fourth-order valence-corrected chi connectivity index (χ4v) is 4.10. The van der Waals surface area contributed by atoms with Crippen LogP contribution in [-0.2, 0) is 4.79 Å². The van der Waals surface area contributed by atoms with E-state index in [2.05, 4.69) is 25.9 Å². The Labute approximate surface area is 149 Å². The maximum Gasteiger partial charge on any atom is 0.234 e. The molecule has 1 aliphatic rings. The third-order valence-corrected chi connectivity index (χ3v) is 5.99. The highest BCUT2D eigenvalue weighted by molar-refractivity contribution is 8.23. The van der Waals surface area contributed by atoms with Gasteiger partial charge in [-0.25, -0.2) is 0 Å². The van der Waals surface area contributed by atoms with Gasteiger partial charge in [0.15, 0.2) is 0 Å². The first-order valence-electron chi connectivity index (χ1n) is 7.56. The summed E-state index contributed by atoms with van der Waals surface area (Å²) in [6, 6.07) is 5.60. The fraction of sp³-hybridized carbons (Fsp3) is 0.467. The summed E-state index contributed by atoms with van der Waals surface area (Å²) in [5.41, 5.74) is 2.25. The van der Waals surface area contributed by atoms with Crippen LogP contribution in [0.15, 0.2) is 18.2 Å². The number of carbonyl (C=O) groups is 1. The molecule has 2 heterocycles. The predicted octanol–water partition coefficient (Wildman–Crippen LogP) is 3.38. The van der Waals surface area contributed by atoms with E-state index in [0.717, 1.165) is 46.1 Å². The van der Waals surface area contributed by atoms with E-state index in [1.165, 1.54) is 24.6 Å². The van der Waals surface area contributed by atoms with E-state index >= 15 is 0 Å². The lowest BCUT2D eigenvalue weighted by Crippen LogP contribution is -2.36. The molecular formula is C15H18N4OS3. The maximum atomic E-state index is 12.2. The van der Waals surface area contributed by atoms with Crippen molar-refractivity contribution in [3.05, 3.63) is 18.2 Å². The van der Waals surface area contributed by atoms with Gasteiger partial charge in [0.2, 0.25) is 5.91 Å². The van der Waals surface area contributed by atoms with Crippen LogP contribution in [0.5, 0.6) is 0 Å². The average Bonchev–Trinajstić information content (AvgIpc) is 3.03. The molecule has 1 saturated heterocycles. The highest BCUT2D eigenvalue weighted by atomic mass is 32.2. The first-order valence-corrected chi connectivity index (χ1v) is 9.69. The van der Waals surface area contributed by atoms with Crippen LogP contribution in [0.1, 0.15) is 19.8 Å². The van der Waals surface area contributed by atoms with Gasteiger partial charge < -0.3 is 10.2 Å². The molecule has 3 rings (SSSR count). The number of fused-ring (bicyclic) bond motifs is 1. The van der Waals surface area contributed by atoms with E-state index in [-0.39, 0.29) is 5.91 Å². The number of hydrogen-bond donors (Lipinski definition) is 1. The molecule has 0 radical (unpaired) electrons. The van der Waals surface area contributed by atoms with Gasteiger partial charge in [-0.2, -0.15) is 8.75 Å². The summed E-state index contributed by atoms with van der Waals surface area (Å²) in [5, 5.41) is 2.90. The summed E-state index contributed by atoms with van der Waals surface area (Å²) in [4.78, 5) is 14.4. The van der Waals surface area contributed by atoms with Crippen LogP contribution in [0, 0.1) is 5.92 Å². The highest BCUT2D eigenvalue weighted by Gasteiger charge is 2.19. The van der Waals surface area contributed by atoms with Gasteiger partial charge in [-0.1, -0.05) is 37.0 Å². The van der Waals surface area contributed by atoms with Crippen LogP contribution in [0.4, 0.5) is 5.69 Å². The standard InChI is InChI=1S/C15H18N4OS3/c1-10-5-7-19(8-6-10)15(21)22-9-13(20)16-11-3-2-4-12-14(11)18-23-17-12/h2-4,10H,5-9H2,1H3,(H,16,20). The van der Waals surface area contributed by atoms with Gasteiger partial charge in [0.1, 0.15) is 15.4 Å². The van der Waals surface area contributed by atoms with Gasteiger partial charge in [0, 0.05) is 13.1 Å². The normalized spacial score (nSPS) is 15.8. The minimum Gasteiger partial charge on any atom is -0.357 e. The molecule has 0 spiro atoms. The number of benzene rings is 1. The van der Waals surface area contributed by atoms with E-state index in [1.54, 1.807) is 0 Å². The van der Waals surface area contributed by atoms with Gasteiger partial charge in [-0.3, -0.25) is 4.79 Å². The predicted molar refractivity (Wildman–Crippen MR) is 101 cm³/mol. The van der Waals surface area contributed by atoms with Crippen molar-refractivity contribution in [2.45, 2.75) is 19.8 Å². The van der Waals surface area contributed by atoms with Gasteiger partial charge >= 0.3 is 0 Å². The number of likely N-dealkylation sites (tertiary alicyclic amines) is 1. The lowest BCUT2D eigenvalue weighted by molar-refractivity contribution is -0.113. The van der Waals surface area contributed by atoms with Crippen LogP contribution < -0.4 is 5.32 Å². The molecule has 122 valence electrons. The molecule has 0 atom stereocenters. The van der Waals surface area contributed by atoms with Crippen LogP contribution >= 0.6 is 35.7 Å². The minimum absolute atomic E-state index is 0.0665. The Hall–Kier alpha value is -1.25. The third-order valence-electron chi connectivity index (χ3n) is 3.93. The molecule has 0 bridgehead atoms. The van der Waals surface area contributed by atoms with Crippen LogP contribution in [0.2, 0.25) is 0 Å². The van der Waals surface area contributed by atoms with E-state index < -0.39 is 0 Å². The van der Waals surface area contributed by atoms with Gasteiger partial charge in [0.05, 0.1) is 23.2 Å². The SMILES string of the molecule is CC1CCN(C(=S)SCC(=O)Nc2cccc3nsnc23)CC1. The van der Waals surface area contributed by atoms with Crippen LogP contribution in [0.3, 0.4) is 0 Å². The van der Waals surface area contributed by atoms with Crippen molar-refractivity contribution < 1.29 is 4.79 Å². The number of amides is 1. The zero-order valence-electron chi connectivity index (χ0n) is 12.8. The molecule has 5 nitrogen and oxygen atoms in total. The topological polar surface area (TPSA) is 58.1 Å². The van der Waals surface area contributed by atoms with Crippen molar-refractivity contribution in [3.8, 4) is 0 Å². The molecule has 1 amide bonds. The number of thiocarbonyl (C=S) groups is 1. The molecule has 1 fully saturated rings. The number of nitrogens with zero attached hydrogens (tertiary/aromatic N) is 3. The van der Waals surface area contributed by atoms with E-state index in [9.17, 15) is 4.79 Å². The van der Waals surface area contributed by atoms with E-state index in [4.69, 9.17) is 12.2 Å². The molecule has 2 aromatic rings. The lowest BCUT2D eigenvalue weighted by Gasteiger charge is -2.31. The Morgan fingerprint density at radius 2 is 2.22 bits per heavy atom. The number of carbonyl (C=O) groups excluding carboxylic acids is 1. The average molecular weight is 367 g/mol. The molecule has 1 N–H and O–H groups in total. The molecule has 1 aromatic heterocycles. The Morgan fingerprint density at radius 3 is 3.00 bits per heavy atom. The summed E-state index contributed by atoms with van der Waals surface area (Å²) in [6.07, 6.45) is 2.34. The van der Waals surface area contributed by atoms with Crippen LogP contribution in [-0.4, -0.2) is 42.7 Å². The third kappa shape index (κ3) is 4.19. The molecule has 23 heavy (non-hydrogen) atoms. The van der Waals surface area contributed by atoms with Gasteiger partial charge in [-0.15, -0.1) is 0 Å². The van der Waals surface area contributed by atoms with E-state index in [0.29, 0.717) is 11.4 Å². The van der Waals surface area contributed by atoms with Crippen LogP contribution in [0.25, 0.3) is 11.0 Å². The van der Waals surface area contributed by atoms with Crippen molar-refractivity contribution in [2.75, 3.05) is 24.2 Å². The number of hydrogen-bond acceptors (Lipinski definition) is 6. The molecule has 0 aliphatic carbocycles. The van der Waals surface area contributed by atoms with Crippen molar-refractivity contribution in [3.63, 3.8) is 0 Å². The summed E-state index contributed by atoms with van der Waals surface area (Å²) >= 11 is 8.03. The Bertz CT molecular complexity index is 710. The Balaban J connectivity index is 1.52. The molecule has 0 unspecified atom stereocenters. The lowest BCUT2D eigenvalue weighted by atomic mass is 10.00. The number of nitrogens with one attached hydrogen (secondary N) is 1. The summed E-state index contributed by atoms with van der Waals surface area (Å²) in [6.45, 7) is 4.27. The van der Waals surface area contributed by atoms with Gasteiger partial charge in [-0.05, 0) is 30.9 Å². The largest absolute Gasteiger partial charge is 0.357 e. The van der Waals surface area contributed by atoms with Crippen molar-refractivity contribution in [2.24, 2.45) is 5.92 Å². The van der Waals surface area contributed by atoms with Crippen molar-refractivity contribution in [1.29, 1.82) is 0 Å². The number of rotatable bonds is 3. The molecular weight excluding hydrogens is 348 g/mol. The minimum atomic E-state index is -0.0665. The second-order valence-corrected chi connectivity index (χ2v) is 7.85. The number of anilines is 1. The smallest absolute Gasteiger partial charge is 0.234 e. The Morgan fingerprint density at radius 1 is 1.43 bits per heavy atom.